The number of nitrogens with two attached hydrogens (primary N) is 1. The summed E-state index contributed by atoms with van der Waals surface area (Å²) in [6.45, 7) is 0.337. The van der Waals surface area contributed by atoms with Gasteiger partial charge in [0.15, 0.2) is 0 Å². The van der Waals surface area contributed by atoms with Crippen LogP contribution in [0.3, 0.4) is 0 Å². The smallest absolute Gasteiger partial charge is 0.343 e. The molecule has 0 saturated carbocycles. The molecule has 2 N–H and O–H groups in total. The Balaban J connectivity index is 2.73. The van der Waals surface area contributed by atoms with Gasteiger partial charge in [-0.2, -0.15) is 0 Å². The fourth-order valence-corrected chi connectivity index (χ4v) is 1.05. The van der Waals surface area contributed by atoms with Crippen molar-refractivity contribution in [3.05, 3.63) is 29.6 Å². The Morgan fingerprint density at radius 2 is 2.20 bits per heavy atom. The average molecular weight is 213 g/mol. The normalized spacial score (nSPS) is 10.0. The third-order valence-corrected chi connectivity index (χ3v) is 1.77. The Morgan fingerprint density at radius 1 is 1.47 bits per heavy atom. The quantitative estimate of drug-likeness (QED) is 0.464. The minimum Gasteiger partial charge on any atom is -0.460 e. The number of anilines is 1. The molecule has 4 nitrogen and oxygen atoms in total. The van der Waals surface area contributed by atoms with Crippen LogP contribution >= 0.6 is 0 Å². The SMILES string of the molecule is COCCOC(=O)c1c(N)cccc1F. The van der Waals surface area contributed by atoms with Crippen LogP contribution in [0, 0.1) is 5.82 Å². The monoisotopic (exact) mass is 213 g/mol. The molecule has 0 aliphatic heterocycles. The van der Waals surface area contributed by atoms with Crippen LogP contribution < -0.4 is 5.73 Å². The topological polar surface area (TPSA) is 61.5 Å². The number of hydrogen-bond acceptors (Lipinski definition) is 4. The van der Waals surface area contributed by atoms with Crippen molar-refractivity contribution >= 4 is 11.7 Å². The molecule has 5 heteroatoms. The summed E-state index contributed by atoms with van der Waals surface area (Å²) in [7, 11) is 1.48. The third kappa shape index (κ3) is 2.92. The van der Waals surface area contributed by atoms with Crippen molar-refractivity contribution in [2.24, 2.45) is 0 Å². The standard InChI is InChI=1S/C10H12FNO3/c1-14-5-6-15-10(13)9-7(11)3-2-4-8(9)12/h2-4H,5-6,12H2,1H3. The molecule has 1 rings (SSSR count). The number of hydrogen-bond donors (Lipinski definition) is 1. The zero-order valence-corrected chi connectivity index (χ0v) is 8.33. The number of esters is 1. The molecule has 0 heterocycles. The lowest BCUT2D eigenvalue weighted by Gasteiger charge is -2.06. The van der Waals surface area contributed by atoms with Gasteiger partial charge in [-0.05, 0) is 12.1 Å². The molecule has 1 aromatic rings. The van der Waals surface area contributed by atoms with Gasteiger partial charge in [0.2, 0.25) is 0 Å². The van der Waals surface area contributed by atoms with Gasteiger partial charge in [0.1, 0.15) is 18.0 Å². The Kier molecular flexibility index (Phi) is 4.05. The number of rotatable bonds is 4. The van der Waals surface area contributed by atoms with E-state index in [1.54, 1.807) is 0 Å². The lowest BCUT2D eigenvalue weighted by Crippen LogP contribution is -2.13. The largest absolute Gasteiger partial charge is 0.460 e. The van der Waals surface area contributed by atoms with Crippen molar-refractivity contribution < 1.29 is 18.7 Å². The molecular formula is C10H12FNO3. The van der Waals surface area contributed by atoms with E-state index >= 15 is 0 Å². The minimum absolute atomic E-state index is 0.0671. The molecule has 0 aromatic heterocycles. The van der Waals surface area contributed by atoms with E-state index in [0.29, 0.717) is 0 Å². The Morgan fingerprint density at radius 3 is 2.80 bits per heavy atom. The second kappa shape index (κ2) is 5.31. The molecule has 15 heavy (non-hydrogen) atoms. The van der Waals surface area contributed by atoms with Crippen LogP contribution in [0.2, 0.25) is 0 Å². The molecule has 0 aliphatic carbocycles. The first kappa shape index (κ1) is 11.5. The van der Waals surface area contributed by atoms with E-state index < -0.39 is 11.8 Å². The molecule has 1 aromatic carbocycles. The maximum absolute atomic E-state index is 13.2. The van der Waals surface area contributed by atoms with Gasteiger partial charge in [-0.3, -0.25) is 0 Å². The van der Waals surface area contributed by atoms with Crippen LogP contribution in [-0.2, 0) is 9.47 Å². The van der Waals surface area contributed by atoms with Crippen molar-refractivity contribution in [1.82, 2.24) is 0 Å². The van der Waals surface area contributed by atoms with Crippen molar-refractivity contribution in [2.75, 3.05) is 26.1 Å². The second-order valence-corrected chi connectivity index (χ2v) is 2.83. The molecule has 0 bridgehead atoms. The number of benzene rings is 1. The van der Waals surface area contributed by atoms with E-state index in [-0.39, 0.29) is 24.5 Å². The number of nitrogen functional groups attached to an aromatic ring is 1. The summed E-state index contributed by atoms with van der Waals surface area (Å²) in [6.07, 6.45) is 0. The zero-order chi connectivity index (χ0) is 11.3. The highest BCUT2D eigenvalue weighted by Gasteiger charge is 2.16. The van der Waals surface area contributed by atoms with Crippen molar-refractivity contribution in [1.29, 1.82) is 0 Å². The minimum atomic E-state index is -0.775. The van der Waals surface area contributed by atoms with Gasteiger partial charge in [-0.15, -0.1) is 0 Å². The van der Waals surface area contributed by atoms with E-state index in [2.05, 4.69) is 4.74 Å². The Labute approximate surface area is 86.8 Å². The Hall–Kier alpha value is -1.62. The van der Waals surface area contributed by atoms with Crippen LogP contribution in [0.15, 0.2) is 18.2 Å². The predicted octanol–water partition coefficient (Wildman–Crippen LogP) is 1.21. The van der Waals surface area contributed by atoms with E-state index in [1.807, 2.05) is 0 Å². The molecule has 0 atom stereocenters. The lowest BCUT2D eigenvalue weighted by molar-refractivity contribution is 0.0384. The molecule has 0 saturated heterocycles. The Bertz CT molecular complexity index is 334. The molecule has 0 radical (unpaired) electrons. The third-order valence-electron chi connectivity index (χ3n) is 1.77. The zero-order valence-electron chi connectivity index (χ0n) is 8.33. The van der Waals surface area contributed by atoms with E-state index in [1.165, 1.54) is 19.2 Å². The van der Waals surface area contributed by atoms with Gasteiger partial charge in [-0.1, -0.05) is 6.07 Å². The van der Waals surface area contributed by atoms with Gasteiger partial charge in [0.05, 0.1) is 6.61 Å². The summed E-state index contributed by atoms with van der Waals surface area (Å²) in [6, 6.07) is 4.02. The molecular weight excluding hydrogens is 201 g/mol. The molecule has 0 spiro atoms. The summed E-state index contributed by atoms with van der Waals surface area (Å²) in [5.74, 6) is -1.46. The first-order valence-corrected chi connectivity index (χ1v) is 4.37. The van der Waals surface area contributed by atoms with Gasteiger partial charge in [-0.25, -0.2) is 9.18 Å². The number of halogens is 1. The summed E-state index contributed by atoms with van der Waals surface area (Å²) in [5.41, 5.74) is 5.29. The highest BCUT2D eigenvalue weighted by Crippen LogP contribution is 2.16. The van der Waals surface area contributed by atoms with Crippen molar-refractivity contribution in [3.8, 4) is 0 Å². The number of ether oxygens (including phenoxy) is 2. The summed E-state index contributed by atoms with van der Waals surface area (Å²) >= 11 is 0. The van der Waals surface area contributed by atoms with Crippen LogP contribution in [-0.4, -0.2) is 26.3 Å². The first-order valence-electron chi connectivity index (χ1n) is 4.37. The summed E-state index contributed by atoms with van der Waals surface area (Å²) in [5, 5.41) is 0. The maximum Gasteiger partial charge on any atom is 0.343 e. The molecule has 0 aliphatic rings. The van der Waals surface area contributed by atoms with Gasteiger partial charge in [0.25, 0.3) is 0 Å². The second-order valence-electron chi connectivity index (χ2n) is 2.83. The van der Waals surface area contributed by atoms with E-state index in [0.717, 1.165) is 6.07 Å². The van der Waals surface area contributed by atoms with Crippen LogP contribution in [0.5, 0.6) is 0 Å². The maximum atomic E-state index is 13.2. The number of carbonyl (C=O) groups excluding carboxylic acids is 1. The highest BCUT2D eigenvalue weighted by atomic mass is 19.1. The number of methoxy groups -OCH3 is 1. The molecule has 0 amide bonds. The summed E-state index contributed by atoms with van der Waals surface area (Å²) < 4.78 is 22.6. The van der Waals surface area contributed by atoms with Gasteiger partial charge < -0.3 is 15.2 Å². The molecule has 0 fully saturated rings. The van der Waals surface area contributed by atoms with Crippen LogP contribution in [0.1, 0.15) is 10.4 Å². The van der Waals surface area contributed by atoms with Crippen molar-refractivity contribution in [2.45, 2.75) is 0 Å². The molecule has 82 valence electrons. The predicted molar refractivity (Wildman–Crippen MR) is 53.0 cm³/mol. The lowest BCUT2D eigenvalue weighted by atomic mass is 10.2. The van der Waals surface area contributed by atoms with Crippen LogP contribution in [0.4, 0.5) is 10.1 Å². The van der Waals surface area contributed by atoms with Gasteiger partial charge >= 0.3 is 5.97 Å². The number of carbonyl (C=O) groups is 1. The van der Waals surface area contributed by atoms with E-state index in [9.17, 15) is 9.18 Å². The fourth-order valence-electron chi connectivity index (χ4n) is 1.05. The van der Waals surface area contributed by atoms with E-state index in [4.69, 9.17) is 10.5 Å². The highest BCUT2D eigenvalue weighted by molar-refractivity contribution is 5.95. The first-order chi connectivity index (χ1) is 7.16. The van der Waals surface area contributed by atoms with Crippen molar-refractivity contribution in [3.63, 3.8) is 0 Å². The molecule has 0 unspecified atom stereocenters. The summed E-state index contributed by atoms with van der Waals surface area (Å²) in [4.78, 5) is 11.4. The fraction of sp³-hybridized carbons (Fsp3) is 0.300. The average Bonchev–Trinajstić information content (AvgIpc) is 2.18. The van der Waals surface area contributed by atoms with Gasteiger partial charge in [0, 0.05) is 12.8 Å². The van der Waals surface area contributed by atoms with Crippen LogP contribution in [0.25, 0.3) is 0 Å².